The number of carboxylic acids is 1. The number of azide groups is 1. The SMILES string of the molecule is C#Cc1cc(-c2cccc(C#N)c2)nc(N)n1.COC(=O)c1ccnc(CN=[N+]=[N-])c1.COC(=O)c1ccnc(Cn2cc(-c3cc(-c4cccc(C#N)c4)nc(N)n3)nn2)c1.N#Cc1cccc(-c2cc(-c3cn(Cc4cc(C(=O)O)ccn4)nn3)nc(N)n2)c1.[Li+].[OH-]. The maximum Gasteiger partial charge on any atom is 1.00 e. The number of aromatic carboxylic acids is 1. The van der Waals surface area contributed by atoms with Gasteiger partial charge in [0.1, 0.15) is 17.1 Å². The number of hydrogen-bond donors (Lipinski definition) is 4. The third kappa shape index (κ3) is 19.2. The first kappa shape index (κ1) is 69.4. The van der Waals surface area contributed by atoms with Crippen LogP contribution < -0.4 is 36.1 Å². The zero-order chi connectivity index (χ0) is 65.5. The molecule has 0 aliphatic carbocycles. The normalized spacial score (nSPS) is 9.81. The van der Waals surface area contributed by atoms with Crippen LogP contribution >= 0.6 is 0 Å². The summed E-state index contributed by atoms with van der Waals surface area (Å²) in [4.78, 5) is 73.8. The first-order valence-electron chi connectivity index (χ1n) is 26.6. The molecule has 0 amide bonds. The van der Waals surface area contributed by atoms with Gasteiger partial charge in [0, 0.05) is 45.9 Å². The Morgan fingerprint density at radius 1 is 0.553 bits per heavy atom. The molecule has 8 aromatic heterocycles. The Hall–Kier alpha value is -13.7. The average Bonchev–Trinajstić information content (AvgIpc) is 1.53. The fraction of sp³-hybridized carbons (Fsp3) is 0.0806. The molecule has 0 radical (unpaired) electrons. The van der Waals surface area contributed by atoms with Crippen molar-refractivity contribution in [2.75, 3.05) is 31.4 Å². The monoisotopic (exact) mass is 1250 g/mol. The van der Waals surface area contributed by atoms with E-state index in [1.54, 1.807) is 102 Å². The van der Waals surface area contributed by atoms with Crippen LogP contribution in [0.1, 0.15) is 70.5 Å². The number of carboxylic acid groups (broad SMARTS) is 1. The number of benzene rings is 3. The maximum atomic E-state index is 11.7. The van der Waals surface area contributed by atoms with Gasteiger partial charge in [-0.1, -0.05) is 57.9 Å². The van der Waals surface area contributed by atoms with Crippen molar-refractivity contribution < 1.29 is 53.3 Å². The van der Waals surface area contributed by atoms with Crippen molar-refractivity contribution in [2.45, 2.75) is 19.6 Å². The van der Waals surface area contributed by atoms with Crippen LogP contribution in [0.2, 0.25) is 0 Å². The van der Waals surface area contributed by atoms with Crippen LogP contribution in [0.5, 0.6) is 0 Å². The first-order chi connectivity index (χ1) is 44.6. The summed E-state index contributed by atoms with van der Waals surface area (Å²) in [6.07, 6.45) is 13.1. The molecule has 3 aromatic carbocycles. The Bertz CT molecular complexity index is 4780. The van der Waals surface area contributed by atoms with Crippen LogP contribution in [0.25, 0.3) is 67.0 Å². The van der Waals surface area contributed by atoms with E-state index in [4.69, 9.17) is 54.8 Å². The van der Waals surface area contributed by atoms with E-state index in [9.17, 15) is 14.4 Å². The Labute approximate surface area is 545 Å². The van der Waals surface area contributed by atoms with E-state index in [0.717, 1.165) is 16.7 Å². The number of nitrogens with zero attached hydrogens (tertiary/aromatic N) is 21. The van der Waals surface area contributed by atoms with Crippen LogP contribution in [0, 0.1) is 46.3 Å². The number of anilines is 3. The summed E-state index contributed by atoms with van der Waals surface area (Å²) < 4.78 is 12.4. The Kier molecular flexibility index (Phi) is 24.8. The van der Waals surface area contributed by atoms with Gasteiger partial charge in [-0.05, 0) is 96.5 Å². The van der Waals surface area contributed by atoms with E-state index in [0.29, 0.717) is 97.0 Å². The topological polar surface area (TPSA) is 496 Å². The van der Waals surface area contributed by atoms with Gasteiger partial charge in [-0.25, -0.2) is 53.7 Å². The number of methoxy groups -OCH3 is 2. The minimum atomic E-state index is -1.03. The molecule has 0 saturated carbocycles. The van der Waals surface area contributed by atoms with Gasteiger partial charge in [0.25, 0.3) is 0 Å². The number of nitriles is 3. The number of hydrogen-bond acceptors (Lipinski definition) is 26. The molecule has 0 bridgehead atoms. The predicted molar refractivity (Wildman–Crippen MR) is 331 cm³/mol. The molecular formula is C62H47LiN24O7. The number of nitrogens with two attached hydrogens (primary N) is 3. The number of ether oxygens (including phenoxy) is 2. The fourth-order valence-electron chi connectivity index (χ4n) is 8.16. The number of carbonyl (C=O) groups is 3. The van der Waals surface area contributed by atoms with Gasteiger partial charge in [-0.3, -0.25) is 15.0 Å². The molecule has 94 heavy (non-hydrogen) atoms. The molecule has 32 heteroatoms. The first-order valence-corrected chi connectivity index (χ1v) is 26.6. The van der Waals surface area contributed by atoms with Crippen LogP contribution in [0.3, 0.4) is 0 Å². The molecule has 458 valence electrons. The number of aromatic nitrogens is 15. The second-order valence-corrected chi connectivity index (χ2v) is 18.6. The third-order valence-electron chi connectivity index (χ3n) is 12.3. The van der Waals surface area contributed by atoms with Gasteiger partial charge >= 0.3 is 36.8 Å². The molecule has 0 saturated heterocycles. The predicted octanol–water partition coefficient (Wildman–Crippen LogP) is 4.17. The summed E-state index contributed by atoms with van der Waals surface area (Å²) >= 11 is 0. The number of rotatable bonds is 14. The summed E-state index contributed by atoms with van der Waals surface area (Å²) in [5, 5.41) is 55.9. The zero-order valence-electron chi connectivity index (χ0n) is 49.8. The molecule has 8 heterocycles. The van der Waals surface area contributed by atoms with Crippen LogP contribution in [-0.4, -0.2) is 118 Å². The minimum absolute atomic E-state index is 0. The molecular weight excluding hydrogens is 1200 g/mol. The molecule has 0 spiro atoms. The Morgan fingerprint density at radius 3 is 1.34 bits per heavy atom. The molecule has 0 unspecified atom stereocenters. The van der Waals surface area contributed by atoms with E-state index in [1.807, 2.05) is 18.2 Å². The van der Waals surface area contributed by atoms with Crippen LogP contribution in [0.15, 0.2) is 163 Å². The van der Waals surface area contributed by atoms with E-state index in [1.165, 1.54) is 61.8 Å². The maximum absolute atomic E-state index is 11.7. The van der Waals surface area contributed by atoms with Crippen molar-refractivity contribution in [1.82, 2.24) is 74.8 Å². The van der Waals surface area contributed by atoms with E-state index in [-0.39, 0.29) is 60.8 Å². The minimum Gasteiger partial charge on any atom is -0.870 e. The smallest absolute Gasteiger partial charge is 0.870 e. The number of nitrogen functional groups attached to an aromatic ring is 3. The summed E-state index contributed by atoms with van der Waals surface area (Å²) in [6, 6.07) is 41.7. The third-order valence-corrected chi connectivity index (χ3v) is 12.3. The number of carbonyl (C=O) groups excluding carboxylic acids is 2. The van der Waals surface area contributed by atoms with Gasteiger partial charge in [-0.15, -0.1) is 16.6 Å². The van der Waals surface area contributed by atoms with Crippen molar-refractivity contribution in [1.29, 1.82) is 15.8 Å². The zero-order valence-corrected chi connectivity index (χ0v) is 49.8. The molecule has 11 aromatic rings. The second-order valence-electron chi connectivity index (χ2n) is 18.6. The summed E-state index contributed by atoms with van der Waals surface area (Å²) in [7, 11) is 2.63. The van der Waals surface area contributed by atoms with Crippen molar-refractivity contribution in [3.05, 3.63) is 225 Å². The van der Waals surface area contributed by atoms with Crippen molar-refractivity contribution >= 4 is 35.8 Å². The quantitative estimate of drug-likeness (QED) is 0.0296. The average molecular weight is 1250 g/mol. The number of pyridine rings is 3. The fourth-order valence-corrected chi connectivity index (χ4v) is 8.16. The molecule has 8 N–H and O–H groups in total. The van der Waals surface area contributed by atoms with Crippen molar-refractivity contribution in [3.8, 4) is 87.1 Å². The number of terminal acetylenes is 1. The van der Waals surface area contributed by atoms with Gasteiger partial charge in [-0.2, -0.15) is 15.8 Å². The molecule has 0 aliphatic rings. The molecule has 0 atom stereocenters. The van der Waals surface area contributed by atoms with Gasteiger partial charge < -0.3 is 37.3 Å². The van der Waals surface area contributed by atoms with E-state index in [2.05, 4.69) is 104 Å². The molecule has 0 aliphatic heterocycles. The second kappa shape index (κ2) is 33.6. The van der Waals surface area contributed by atoms with Crippen LogP contribution in [-0.2, 0) is 29.1 Å². The summed E-state index contributed by atoms with van der Waals surface area (Å²) in [6.45, 7) is 0.669. The Morgan fingerprint density at radius 2 is 0.936 bits per heavy atom. The van der Waals surface area contributed by atoms with Crippen molar-refractivity contribution in [2.24, 2.45) is 5.11 Å². The largest absolute Gasteiger partial charge is 1.00 e. The Balaban J connectivity index is 0.000000207. The van der Waals surface area contributed by atoms with Crippen LogP contribution in [0.4, 0.5) is 17.8 Å². The number of esters is 2. The van der Waals surface area contributed by atoms with Crippen molar-refractivity contribution in [3.63, 3.8) is 0 Å². The van der Waals surface area contributed by atoms with Gasteiger partial charge in [0.2, 0.25) is 17.8 Å². The van der Waals surface area contributed by atoms with E-state index >= 15 is 0 Å². The molecule has 31 nitrogen and oxygen atoms in total. The molecule has 11 rings (SSSR count). The summed E-state index contributed by atoms with van der Waals surface area (Å²) in [5.41, 5.74) is 36.0. The molecule has 0 fully saturated rings. The van der Waals surface area contributed by atoms with Gasteiger partial charge in [0.15, 0.2) is 0 Å². The van der Waals surface area contributed by atoms with E-state index < -0.39 is 17.9 Å². The van der Waals surface area contributed by atoms with Gasteiger partial charge in [0.05, 0.1) is 138 Å². The standard InChI is InChI=1S/C21H16N8O2.C20H14N8O2.C13H8N4.C8H8N4O2.Li.H2O/c1-31-20(30)15-5-6-24-16(8-15)11-29-12-19(27-28-29)18-9-17(25-21(23)26-18)14-4-2-3-13(7-14)10-22;21-9-12-2-1-3-13(6-12)16-8-17(25-20(22)24-16)18-11-28(27-26-18)10-15-7-14(19(29)30)4-5-23-15;1-2-11-7-12(17-13(15)16-11)10-5-3-4-9(6-10)8-14;1-14-8(13)6-2-3-10-7(4-6)5-11-12-9;;/h2-9,12H,11H2,1H3,(H2,23,25,26);1-8,11H,10H2,(H,29,30)(H2,22,24,25);1,3-7H,(H2,15,16,17);2-4H,5H2,1H3;;1H2/q;;;;+1;/p-1. The summed E-state index contributed by atoms with van der Waals surface area (Å²) in [5.74, 6) is 0.780.